The third-order valence-corrected chi connectivity index (χ3v) is 4.58. The van der Waals surface area contributed by atoms with Crippen LogP contribution >= 0.6 is 24.0 Å². The number of halogens is 2. The second-order valence-electron chi connectivity index (χ2n) is 6.75. The van der Waals surface area contributed by atoms with Crippen molar-refractivity contribution in [3.8, 4) is 0 Å². The zero-order chi connectivity index (χ0) is 19.6. The number of hydrogen-bond acceptors (Lipinski definition) is 4. The van der Waals surface area contributed by atoms with E-state index in [1.54, 1.807) is 19.2 Å². The molecule has 158 valence electrons. The molecule has 1 saturated heterocycles. The van der Waals surface area contributed by atoms with Crippen molar-refractivity contribution in [3.05, 3.63) is 35.6 Å². The lowest BCUT2D eigenvalue weighted by atomic mass is 10.1. The molecule has 1 aromatic carbocycles. The van der Waals surface area contributed by atoms with Gasteiger partial charge in [0.15, 0.2) is 5.96 Å². The number of methoxy groups -OCH3 is 1. The lowest BCUT2D eigenvalue weighted by Crippen LogP contribution is -2.50. The zero-order valence-corrected chi connectivity index (χ0v) is 19.1. The number of guanidine groups is 1. The second-order valence-corrected chi connectivity index (χ2v) is 6.75. The highest BCUT2D eigenvalue weighted by atomic mass is 127. The maximum absolute atomic E-state index is 13.2. The van der Waals surface area contributed by atoms with E-state index in [0.29, 0.717) is 13.0 Å². The number of carbonyl (C=O) groups excluding carboxylic acids is 1. The lowest BCUT2D eigenvalue weighted by molar-refractivity contribution is -0.140. The van der Waals surface area contributed by atoms with E-state index < -0.39 is 0 Å². The Morgan fingerprint density at radius 3 is 2.64 bits per heavy atom. The highest BCUT2D eigenvalue weighted by Gasteiger charge is 2.28. The van der Waals surface area contributed by atoms with Gasteiger partial charge in [0.25, 0.3) is 0 Å². The number of benzene rings is 1. The number of carbonyl (C=O) groups is 1. The van der Waals surface area contributed by atoms with Gasteiger partial charge in [-0.2, -0.15) is 0 Å². The van der Waals surface area contributed by atoms with Crippen molar-refractivity contribution in [1.82, 2.24) is 10.2 Å². The number of nitrogens with one attached hydrogen (secondary N) is 1. The molecule has 0 saturated carbocycles. The third-order valence-electron chi connectivity index (χ3n) is 4.58. The Kier molecular flexibility index (Phi) is 11.4. The summed E-state index contributed by atoms with van der Waals surface area (Å²) in [5, 5.41) is 3.39. The first-order chi connectivity index (χ1) is 13.0. The highest BCUT2D eigenvalue weighted by molar-refractivity contribution is 14.0. The molecule has 2 rings (SSSR count). The third kappa shape index (κ3) is 7.90. The van der Waals surface area contributed by atoms with Gasteiger partial charge in [-0.25, -0.2) is 4.39 Å². The molecule has 2 unspecified atom stereocenters. The minimum Gasteiger partial charge on any atom is -0.469 e. The molecule has 28 heavy (non-hydrogen) atoms. The summed E-state index contributed by atoms with van der Waals surface area (Å²) in [6.07, 6.45) is 3.13. The van der Waals surface area contributed by atoms with E-state index in [2.05, 4.69) is 19.9 Å². The van der Waals surface area contributed by atoms with Gasteiger partial charge in [0.1, 0.15) is 11.9 Å². The number of morpholine rings is 1. The Balaban J connectivity index is 0.00000392. The maximum Gasteiger partial charge on any atom is 0.305 e. The van der Waals surface area contributed by atoms with Crippen LogP contribution in [0.15, 0.2) is 29.3 Å². The van der Waals surface area contributed by atoms with Crippen LogP contribution in [-0.2, 0) is 14.3 Å². The number of hydrogen-bond donors (Lipinski definition) is 1. The summed E-state index contributed by atoms with van der Waals surface area (Å²) in [7, 11) is 3.18. The van der Waals surface area contributed by atoms with Crippen LogP contribution in [-0.4, -0.2) is 56.7 Å². The van der Waals surface area contributed by atoms with Gasteiger partial charge in [-0.3, -0.25) is 9.79 Å². The fourth-order valence-electron chi connectivity index (χ4n) is 3.19. The summed E-state index contributed by atoms with van der Waals surface area (Å²) in [5.41, 5.74) is 0.964. The number of esters is 1. The van der Waals surface area contributed by atoms with E-state index in [9.17, 15) is 9.18 Å². The average molecular weight is 507 g/mol. The Labute approximate surface area is 183 Å². The van der Waals surface area contributed by atoms with E-state index >= 15 is 0 Å². The van der Waals surface area contributed by atoms with Crippen LogP contribution in [0.5, 0.6) is 0 Å². The van der Waals surface area contributed by atoms with Crippen LogP contribution in [0.3, 0.4) is 0 Å². The molecular weight excluding hydrogens is 476 g/mol. The molecule has 1 fully saturated rings. The van der Waals surface area contributed by atoms with Crippen LogP contribution in [0, 0.1) is 5.82 Å². The summed E-state index contributed by atoms with van der Waals surface area (Å²) < 4.78 is 23.9. The molecule has 0 amide bonds. The van der Waals surface area contributed by atoms with E-state index in [1.165, 1.54) is 19.2 Å². The summed E-state index contributed by atoms with van der Waals surface area (Å²) in [5.74, 6) is 0.433. The van der Waals surface area contributed by atoms with E-state index in [0.717, 1.165) is 43.9 Å². The van der Waals surface area contributed by atoms with Crippen molar-refractivity contribution >= 4 is 35.9 Å². The van der Waals surface area contributed by atoms with E-state index in [-0.39, 0.29) is 48.0 Å². The first kappa shape index (κ1) is 24.6. The topological polar surface area (TPSA) is 63.2 Å². The normalized spacial score (nSPS) is 19.7. The van der Waals surface area contributed by atoms with Crippen molar-refractivity contribution in [2.24, 2.45) is 4.99 Å². The molecule has 1 aliphatic rings. The van der Waals surface area contributed by atoms with Gasteiger partial charge >= 0.3 is 5.97 Å². The Hall–Kier alpha value is -1.42. The van der Waals surface area contributed by atoms with Gasteiger partial charge in [-0.1, -0.05) is 18.6 Å². The van der Waals surface area contributed by atoms with E-state index in [4.69, 9.17) is 4.74 Å². The summed E-state index contributed by atoms with van der Waals surface area (Å²) in [4.78, 5) is 17.7. The van der Waals surface area contributed by atoms with Gasteiger partial charge in [0, 0.05) is 26.6 Å². The van der Waals surface area contributed by atoms with Crippen molar-refractivity contribution in [3.63, 3.8) is 0 Å². The SMILES string of the molecule is CN=C(NCCCCCC(=O)OC)N1CC(C)OC(c2ccc(F)cc2)C1.I. The van der Waals surface area contributed by atoms with Gasteiger partial charge < -0.3 is 19.7 Å². The molecule has 2 atom stereocenters. The largest absolute Gasteiger partial charge is 0.469 e. The minimum absolute atomic E-state index is 0. The first-order valence-electron chi connectivity index (χ1n) is 9.46. The Morgan fingerprint density at radius 1 is 1.29 bits per heavy atom. The van der Waals surface area contributed by atoms with Crippen molar-refractivity contribution in [2.75, 3.05) is 33.8 Å². The highest BCUT2D eigenvalue weighted by Crippen LogP contribution is 2.25. The minimum atomic E-state index is -0.246. The fourth-order valence-corrected chi connectivity index (χ4v) is 3.19. The molecule has 0 radical (unpaired) electrons. The summed E-state index contributed by atoms with van der Waals surface area (Å²) >= 11 is 0. The van der Waals surface area contributed by atoms with Gasteiger partial charge in [-0.15, -0.1) is 24.0 Å². The molecule has 6 nitrogen and oxygen atoms in total. The van der Waals surface area contributed by atoms with Crippen molar-refractivity contribution < 1.29 is 18.7 Å². The molecule has 0 bridgehead atoms. The van der Waals surface area contributed by atoms with Gasteiger partial charge in [-0.05, 0) is 37.5 Å². The monoisotopic (exact) mass is 507 g/mol. The van der Waals surface area contributed by atoms with Gasteiger partial charge in [0.05, 0.1) is 19.8 Å². The maximum atomic E-state index is 13.2. The van der Waals surface area contributed by atoms with Crippen molar-refractivity contribution in [2.45, 2.75) is 44.8 Å². The standard InChI is InChI=1S/C20H30FN3O3.HI/c1-15-13-24(14-18(27-15)16-8-10-17(21)11-9-16)20(22-2)23-12-6-4-5-7-19(25)26-3;/h8-11,15,18H,4-7,12-14H2,1-3H3,(H,22,23);1H. The van der Waals surface area contributed by atoms with Gasteiger partial charge in [0.2, 0.25) is 0 Å². The zero-order valence-electron chi connectivity index (χ0n) is 16.8. The molecule has 1 aromatic rings. The molecule has 1 aliphatic heterocycles. The summed E-state index contributed by atoms with van der Waals surface area (Å²) in [6, 6.07) is 6.47. The molecule has 1 heterocycles. The van der Waals surface area contributed by atoms with Crippen LogP contribution in [0.1, 0.15) is 44.3 Å². The average Bonchev–Trinajstić information content (AvgIpc) is 2.67. The second kappa shape index (κ2) is 12.9. The number of nitrogens with zero attached hydrogens (tertiary/aromatic N) is 2. The number of aliphatic imine (C=N–C) groups is 1. The molecule has 1 N–H and O–H groups in total. The fraction of sp³-hybridized carbons (Fsp3) is 0.600. The molecule has 0 aromatic heterocycles. The predicted octanol–water partition coefficient (Wildman–Crippen LogP) is 3.51. The molecular formula is C20H31FIN3O3. The van der Waals surface area contributed by atoms with E-state index in [1.807, 2.05) is 6.92 Å². The quantitative estimate of drug-likeness (QED) is 0.201. The molecule has 8 heteroatoms. The predicted molar refractivity (Wildman–Crippen MR) is 119 cm³/mol. The Morgan fingerprint density at radius 2 is 2.00 bits per heavy atom. The van der Waals surface area contributed by atoms with Crippen molar-refractivity contribution in [1.29, 1.82) is 0 Å². The Bertz CT molecular complexity index is 628. The van der Waals surface area contributed by atoms with Crippen LogP contribution < -0.4 is 5.32 Å². The summed E-state index contributed by atoms with van der Waals surface area (Å²) in [6.45, 7) is 4.24. The molecule has 0 aliphatic carbocycles. The van der Waals surface area contributed by atoms with Crippen LogP contribution in [0.25, 0.3) is 0 Å². The molecule has 0 spiro atoms. The number of rotatable bonds is 7. The van der Waals surface area contributed by atoms with Crippen LogP contribution in [0.2, 0.25) is 0 Å². The number of unbranched alkanes of at least 4 members (excludes halogenated alkanes) is 2. The van der Waals surface area contributed by atoms with Crippen LogP contribution in [0.4, 0.5) is 4.39 Å². The first-order valence-corrected chi connectivity index (χ1v) is 9.46. The smallest absolute Gasteiger partial charge is 0.305 e. The lowest BCUT2D eigenvalue weighted by Gasteiger charge is -2.38. The number of ether oxygens (including phenoxy) is 2.